The summed E-state index contributed by atoms with van der Waals surface area (Å²) in [4.78, 5) is 15.5. The van der Waals surface area contributed by atoms with Gasteiger partial charge in [-0.25, -0.2) is 9.67 Å². The van der Waals surface area contributed by atoms with Crippen molar-refractivity contribution in [3.05, 3.63) is 33.4 Å². The number of primary amides is 1. The molecule has 2 N–H and O–H groups in total. The lowest BCUT2D eigenvalue weighted by atomic mass is 9.95. The number of carbonyl (C=O) groups excluding carboxylic acids is 1. The van der Waals surface area contributed by atoms with Crippen LogP contribution in [0.2, 0.25) is 10.0 Å². The van der Waals surface area contributed by atoms with Crippen LogP contribution in [-0.2, 0) is 10.2 Å². The number of rotatable bonds is 6. The molecule has 1 heterocycles. The molecule has 1 fully saturated rings. The molecule has 3 rings (SSSR count). The Balaban J connectivity index is 2.36. The second-order valence-electron chi connectivity index (χ2n) is 7.43. The maximum atomic E-state index is 13.2. The highest BCUT2D eigenvalue weighted by Crippen LogP contribution is 3.02. The molecule has 0 radical (unpaired) electrons. The first-order valence-corrected chi connectivity index (χ1v) is 11.4. The Morgan fingerprint density at radius 2 is 1.81 bits per heavy atom. The first kappa shape index (κ1) is 24.1. The van der Waals surface area contributed by atoms with Gasteiger partial charge in [0.05, 0.1) is 27.4 Å². The summed E-state index contributed by atoms with van der Waals surface area (Å²) in [5.74, 6) is -0.890. The normalized spacial score (nSPS) is 17.5. The molecule has 15 heteroatoms. The van der Waals surface area contributed by atoms with E-state index in [-0.39, 0.29) is 42.0 Å². The molecular formula is C17H15Cl2F5N6OS. The van der Waals surface area contributed by atoms with Crippen LogP contribution in [0.1, 0.15) is 24.1 Å². The Bertz CT molecular complexity index is 1190. The molecule has 0 atom stereocenters. The van der Waals surface area contributed by atoms with Crippen molar-refractivity contribution in [1.82, 2.24) is 14.7 Å². The lowest BCUT2D eigenvalue weighted by molar-refractivity contribution is -0.120. The minimum Gasteiger partial charge on any atom is -0.369 e. The van der Waals surface area contributed by atoms with Crippen LogP contribution >= 0.6 is 33.4 Å². The molecule has 1 saturated carbocycles. The molecule has 174 valence electrons. The third-order valence-corrected chi connectivity index (χ3v) is 6.43. The van der Waals surface area contributed by atoms with Crippen molar-refractivity contribution in [2.24, 2.45) is 10.7 Å². The number of nitriles is 1. The Labute approximate surface area is 188 Å². The fourth-order valence-electron chi connectivity index (χ4n) is 3.09. The summed E-state index contributed by atoms with van der Waals surface area (Å²) in [6, 6.07) is 1.85. The zero-order valence-corrected chi connectivity index (χ0v) is 18.8. The lowest BCUT2D eigenvalue weighted by Crippen LogP contribution is -2.29. The molecule has 1 aliphatic rings. The predicted molar refractivity (Wildman–Crippen MR) is 112 cm³/mol. The van der Waals surface area contributed by atoms with Crippen molar-refractivity contribution in [1.29, 1.82) is 5.26 Å². The Kier molecular flexibility index (Phi) is 5.06. The first-order chi connectivity index (χ1) is 14.4. The van der Waals surface area contributed by atoms with E-state index in [9.17, 15) is 29.5 Å². The number of benzene rings is 1. The second-order valence-corrected chi connectivity index (χ2v) is 10.7. The number of nitrogens with two attached hydrogens (primary N) is 1. The van der Waals surface area contributed by atoms with Crippen LogP contribution in [0, 0.1) is 11.3 Å². The van der Waals surface area contributed by atoms with Crippen molar-refractivity contribution in [3.63, 3.8) is 0 Å². The van der Waals surface area contributed by atoms with E-state index in [2.05, 4.69) is 10.1 Å². The van der Waals surface area contributed by atoms with Crippen LogP contribution in [-0.4, -0.2) is 41.0 Å². The van der Waals surface area contributed by atoms with Gasteiger partial charge in [0.2, 0.25) is 5.91 Å². The summed E-state index contributed by atoms with van der Waals surface area (Å²) in [6.07, 6.45) is 1.86. The van der Waals surface area contributed by atoms with Gasteiger partial charge < -0.3 is 10.6 Å². The average Bonchev–Trinajstić information content (AvgIpc) is 3.34. The van der Waals surface area contributed by atoms with Crippen molar-refractivity contribution < 1.29 is 24.2 Å². The number of carbonyl (C=O) groups is 1. The summed E-state index contributed by atoms with van der Waals surface area (Å²) in [7, 11) is -6.86. The number of halogens is 7. The Morgan fingerprint density at radius 3 is 2.19 bits per heavy atom. The van der Waals surface area contributed by atoms with Crippen LogP contribution in [0.3, 0.4) is 0 Å². The molecule has 0 saturated heterocycles. The van der Waals surface area contributed by atoms with E-state index in [0.29, 0.717) is 0 Å². The van der Waals surface area contributed by atoms with E-state index >= 15 is 0 Å². The van der Waals surface area contributed by atoms with Gasteiger partial charge in [0.15, 0.2) is 11.5 Å². The molecule has 32 heavy (non-hydrogen) atoms. The highest BCUT2D eigenvalue weighted by molar-refractivity contribution is 8.45. The van der Waals surface area contributed by atoms with E-state index < -0.39 is 42.2 Å². The van der Waals surface area contributed by atoms with Gasteiger partial charge in [-0.1, -0.05) is 42.6 Å². The zero-order chi connectivity index (χ0) is 24.3. The first-order valence-electron chi connectivity index (χ1n) is 8.69. The minimum absolute atomic E-state index is 0.0259. The highest BCUT2D eigenvalue weighted by atomic mass is 35.5. The van der Waals surface area contributed by atoms with Crippen molar-refractivity contribution >= 4 is 51.5 Å². The average molecular weight is 517 g/mol. The van der Waals surface area contributed by atoms with Crippen LogP contribution in [0.25, 0.3) is 5.69 Å². The largest absolute Gasteiger partial charge is 0.369 e. The van der Waals surface area contributed by atoms with Crippen LogP contribution in [0.5, 0.6) is 0 Å². The maximum absolute atomic E-state index is 13.2. The lowest BCUT2D eigenvalue weighted by Gasteiger charge is -2.40. The quantitative estimate of drug-likeness (QED) is 0.313. The van der Waals surface area contributed by atoms with Gasteiger partial charge in [0, 0.05) is 14.1 Å². The smallest absolute Gasteiger partial charge is 0.310 e. The van der Waals surface area contributed by atoms with Crippen LogP contribution in [0.15, 0.2) is 22.0 Å². The van der Waals surface area contributed by atoms with E-state index in [1.54, 1.807) is 20.2 Å². The fraction of sp³-hybridized carbons (Fsp3) is 0.294. The topological polar surface area (TPSA) is 100 Å². The van der Waals surface area contributed by atoms with Gasteiger partial charge in [-0.2, -0.15) is 10.4 Å². The van der Waals surface area contributed by atoms with E-state index in [1.807, 2.05) is 0 Å². The third-order valence-electron chi connectivity index (χ3n) is 4.73. The molecular weight excluding hydrogens is 502 g/mol. The molecule has 0 unspecified atom stereocenters. The van der Waals surface area contributed by atoms with Gasteiger partial charge in [-0.15, -0.1) is 0 Å². The molecule has 1 aliphatic carbocycles. The standard InChI is InChI=1S/C17H15Cl2F5N6OS/c1-29(2)8-27-15-13(17(3-4-17)16(26)31)12(7-25)28-30(15)14-10(18)5-9(6-11(14)19)32(20,21,22,23)24/h5-6,8H,3-4H2,1-2H3,(H2,26,31)/b27-8+. The van der Waals surface area contributed by atoms with Crippen LogP contribution in [0.4, 0.5) is 25.2 Å². The molecule has 1 amide bonds. The summed E-state index contributed by atoms with van der Waals surface area (Å²) in [6.45, 7) is 0. The van der Waals surface area contributed by atoms with Crippen molar-refractivity contribution in [3.8, 4) is 11.8 Å². The van der Waals surface area contributed by atoms with Crippen molar-refractivity contribution in [2.45, 2.75) is 23.2 Å². The summed E-state index contributed by atoms with van der Waals surface area (Å²) >= 11 is 11.9. The Hall–Kier alpha value is -2.56. The van der Waals surface area contributed by atoms with E-state index in [4.69, 9.17) is 28.9 Å². The number of hydrogen-bond donors (Lipinski definition) is 1. The highest BCUT2D eigenvalue weighted by Gasteiger charge is 2.65. The third kappa shape index (κ3) is 4.22. The monoisotopic (exact) mass is 516 g/mol. The Morgan fingerprint density at radius 1 is 1.28 bits per heavy atom. The van der Waals surface area contributed by atoms with E-state index in [1.165, 1.54) is 11.2 Å². The van der Waals surface area contributed by atoms with Gasteiger partial charge in [0.1, 0.15) is 16.7 Å². The number of hydrogen-bond acceptors (Lipinski definition) is 4. The number of aliphatic imine (C=N–C) groups is 1. The number of amides is 1. The number of nitrogens with zero attached hydrogens (tertiary/aromatic N) is 5. The summed E-state index contributed by atoms with van der Waals surface area (Å²) in [5.41, 5.74) is 3.60. The van der Waals surface area contributed by atoms with Crippen LogP contribution < -0.4 is 5.73 Å². The minimum atomic E-state index is -10.1. The zero-order valence-electron chi connectivity index (χ0n) is 16.4. The predicted octanol–water partition coefficient (Wildman–Crippen LogP) is 5.45. The summed E-state index contributed by atoms with van der Waals surface area (Å²) in [5, 5.41) is 11.9. The van der Waals surface area contributed by atoms with Gasteiger partial charge in [-0.3, -0.25) is 4.79 Å². The van der Waals surface area contributed by atoms with Gasteiger partial charge >= 0.3 is 10.2 Å². The number of aromatic nitrogens is 2. The van der Waals surface area contributed by atoms with Gasteiger partial charge in [-0.05, 0) is 25.0 Å². The molecule has 7 nitrogen and oxygen atoms in total. The second kappa shape index (κ2) is 6.72. The SMILES string of the molecule is CN(C)/C=N/c1c(C2(C(N)=O)CC2)c(C#N)nn1-c1c(Cl)cc(S(F)(F)(F)(F)F)cc1Cl. The fourth-order valence-corrected chi connectivity index (χ4v) is 4.54. The van der Waals surface area contributed by atoms with Crippen molar-refractivity contribution in [2.75, 3.05) is 14.1 Å². The van der Waals surface area contributed by atoms with E-state index in [0.717, 1.165) is 4.68 Å². The summed E-state index contributed by atoms with van der Waals surface area (Å²) < 4.78 is 67.1. The molecule has 2 aromatic rings. The molecule has 0 bridgehead atoms. The molecule has 0 spiro atoms. The molecule has 1 aromatic carbocycles. The molecule has 0 aliphatic heterocycles. The molecule has 1 aromatic heterocycles. The van der Waals surface area contributed by atoms with Gasteiger partial charge in [0.25, 0.3) is 0 Å². The maximum Gasteiger partial charge on any atom is 0.310 e.